The Morgan fingerprint density at radius 1 is 1.44 bits per heavy atom. The van der Waals surface area contributed by atoms with E-state index in [-0.39, 0.29) is 0 Å². The maximum atomic E-state index is 6.04. The summed E-state index contributed by atoms with van der Waals surface area (Å²) in [6.07, 6.45) is 1.47. The van der Waals surface area contributed by atoms with E-state index in [4.69, 9.17) is 16.3 Å². The summed E-state index contributed by atoms with van der Waals surface area (Å²) in [5, 5.41) is 3.73. The van der Waals surface area contributed by atoms with Crippen LogP contribution in [0, 0.1) is 0 Å². The predicted molar refractivity (Wildman–Crippen MR) is 66.1 cm³/mol. The highest BCUT2D eigenvalue weighted by Gasteiger charge is 2.12. The van der Waals surface area contributed by atoms with Gasteiger partial charge in [-0.1, -0.05) is 25.4 Å². The van der Waals surface area contributed by atoms with Crippen molar-refractivity contribution in [1.82, 2.24) is 9.97 Å². The van der Waals surface area contributed by atoms with Crippen LogP contribution in [0.25, 0.3) is 0 Å². The molecule has 0 amide bonds. The van der Waals surface area contributed by atoms with Crippen LogP contribution in [0.3, 0.4) is 0 Å². The number of hydrogen-bond acceptors (Lipinski definition) is 4. The molecule has 0 aliphatic carbocycles. The van der Waals surface area contributed by atoms with Crippen LogP contribution in [0.4, 0.5) is 5.82 Å². The fourth-order valence-electron chi connectivity index (χ4n) is 1.41. The molecule has 0 saturated heterocycles. The number of rotatable bonds is 6. The Bertz CT molecular complexity index is 331. The number of hydrogen-bond donors (Lipinski definition) is 1. The van der Waals surface area contributed by atoms with Gasteiger partial charge in [0.25, 0.3) is 0 Å². The van der Waals surface area contributed by atoms with E-state index in [1.54, 1.807) is 0 Å². The minimum atomic E-state index is 0.295. The van der Waals surface area contributed by atoms with Gasteiger partial charge in [-0.05, 0) is 12.8 Å². The minimum absolute atomic E-state index is 0.295. The zero-order chi connectivity index (χ0) is 12.0. The third-order valence-corrected chi connectivity index (χ3v) is 2.46. The molecule has 5 heteroatoms. The van der Waals surface area contributed by atoms with Gasteiger partial charge in [0, 0.05) is 18.7 Å². The van der Waals surface area contributed by atoms with Gasteiger partial charge in [-0.2, -0.15) is 0 Å². The molecule has 0 radical (unpaired) electrons. The lowest BCUT2D eigenvalue weighted by molar-refractivity contribution is 0.158. The van der Waals surface area contributed by atoms with E-state index in [9.17, 15) is 0 Å². The van der Waals surface area contributed by atoms with Gasteiger partial charge in [0.2, 0.25) is 0 Å². The molecule has 1 aromatic heterocycles. The van der Waals surface area contributed by atoms with E-state index >= 15 is 0 Å². The first-order valence-corrected chi connectivity index (χ1v) is 5.86. The molecule has 0 fully saturated rings. The van der Waals surface area contributed by atoms with Gasteiger partial charge in [-0.25, -0.2) is 9.97 Å². The molecule has 0 saturated carbocycles. The zero-order valence-electron chi connectivity index (χ0n) is 9.96. The van der Waals surface area contributed by atoms with Crippen LogP contribution in [0.5, 0.6) is 0 Å². The van der Waals surface area contributed by atoms with Gasteiger partial charge in [-0.15, -0.1) is 0 Å². The maximum Gasteiger partial charge on any atom is 0.138 e. The van der Waals surface area contributed by atoms with E-state index in [1.807, 2.05) is 6.92 Å². The van der Waals surface area contributed by atoms with Crippen molar-refractivity contribution in [2.24, 2.45) is 0 Å². The fraction of sp³-hybridized carbons (Fsp3) is 0.636. The van der Waals surface area contributed by atoms with Crippen LogP contribution < -0.4 is 5.32 Å². The average molecular weight is 244 g/mol. The number of ether oxygens (including phenoxy) is 1. The summed E-state index contributed by atoms with van der Waals surface area (Å²) < 4.78 is 5.25. The van der Waals surface area contributed by atoms with E-state index in [2.05, 4.69) is 29.1 Å². The Kier molecular flexibility index (Phi) is 5.49. The third-order valence-electron chi connectivity index (χ3n) is 2.16. The number of aromatic nitrogens is 2. The normalized spacial score (nSPS) is 10.8. The molecule has 1 heterocycles. The van der Waals surface area contributed by atoms with Crippen molar-refractivity contribution in [3.8, 4) is 0 Å². The highest BCUT2D eigenvalue weighted by atomic mass is 35.5. The molecule has 0 unspecified atom stereocenters. The molecule has 16 heavy (non-hydrogen) atoms. The van der Waals surface area contributed by atoms with Crippen LogP contribution in [0.1, 0.15) is 32.3 Å². The van der Waals surface area contributed by atoms with E-state index in [1.165, 1.54) is 6.33 Å². The largest absolute Gasteiger partial charge is 0.380 e. The van der Waals surface area contributed by atoms with Gasteiger partial charge in [0.15, 0.2) is 0 Å². The number of nitrogens with zero attached hydrogens (tertiary/aromatic N) is 2. The minimum Gasteiger partial charge on any atom is -0.380 e. The molecule has 0 aromatic carbocycles. The van der Waals surface area contributed by atoms with Crippen LogP contribution in [-0.4, -0.2) is 29.7 Å². The first-order chi connectivity index (χ1) is 7.66. The lowest BCUT2D eigenvalue weighted by atomic mass is 10.1. The summed E-state index contributed by atoms with van der Waals surface area (Å²) in [6.45, 7) is 8.22. The Morgan fingerprint density at radius 2 is 2.19 bits per heavy atom. The predicted octanol–water partition coefficient (Wildman–Crippen LogP) is 2.70. The molecule has 1 rings (SSSR count). The molecular formula is C11H18ClN3O. The van der Waals surface area contributed by atoms with Crippen molar-refractivity contribution >= 4 is 17.4 Å². The van der Waals surface area contributed by atoms with E-state index in [0.29, 0.717) is 17.7 Å². The SMILES string of the molecule is CCOCCNc1ncnc(Cl)c1C(C)C. The zero-order valence-corrected chi connectivity index (χ0v) is 10.7. The molecule has 1 N–H and O–H groups in total. The van der Waals surface area contributed by atoms with Gasteiger partial charge in [-0.3, -0.25) is 0 Å². The smallest absolute Gasteiger partial charge is 0.138 e. The van der Waals surface area contributed by atoms with Gasteiger partial charge < -0.3 is 10.1 Å². The molecular weight excluding hydrogens is 226 g/mol. The maximum absolute atomic E-state index is 6.04. The molecule has 4 nitrogen and oxygen atoms in total. The molecule has 0 bridgehead atoms. The molecule has 0 aliphatic heterocycles. The highest BCUT2D eigenvalue weighted by molar-refractivity contribution is 6.30. The molecule has 0 aliphatic rings. The van der Waals surface area contributed by atoms with Crippen molar-refractivity contribution in [3.05, 3.63) is 17.0 Å². The summed E-state index contributed by atoms with van der Waals surface area (Å²) in [5.74, 6) is 1.10. The van der Waals surface area contributed by atoms with Gasteiger partial charge in [0.1, 0.15) is 17.3 Å². The quantitative estimate of drug-likeness (QED) is 0.617. The summed E-state index contributed by atoms with van der Waals surface area (Å²) in [7, 11) is 0. The van der Waals surface area contributed by atoms with Crippen LogP contribution in [0.2, 0.25) is 5.15 Å². The van der Waals surface area contributed by atoms with Crippen molar-refractivity contribution in [2.45, 2.75) is 26.7 Å². The lowest BCUT2D eigenvalue weighted by Gasteiger charge is -2.14. The van der Waals surface area contributed by atoms with Crippen LogP contribution in [-0.2, 0) is 4.74 Å². The van der Waals surface area contributed by atoms with E-state index in [0.717, 1.165) is 24.5 Å². The summed E-state index contributed by atoms with van der Waals surface area (Å²) in [5.41, 5.74) is 0.959. The number of anilines is 1. The van der Waals surface area contributed by atoms with Gasteiger partial charge >= 0.3 is 0 Å². The second kappa shape index (κ2) is 6.66. The Balaban J connectivity index is 2.67. The topological polar surface area (TPSA) is 47.0 Å². The molecule has 0 atom stereocenters. The molecule has 0 spiro atoms. The summed E-state index contributed by atoms with van der Waals surface area (Å²) in [4.78, 5) is 8.18. The van der Waals surface area contributed by atoms with Crippen LogP contribution in [0.15, 0.2) is 6.33 Å². The van der Waals surface area contributed by atoms with Gasteiger partial charge in [0.05, 0.1) is 6.61 Å². The van der Waals surface area contributed by atoms with Crippen molar-refractivity contribution in [3.63, 3.8) is 0 Å². The van der Waals surface area contributed by atoms with E-state index < -0.39 is 0 Å². The summed E-state index contributed by atoms with van der Waals surface area (Å²) in [6, 6.07) is 0. The van der Waals surface area contributed by atoms with Crippen molar-refractivity contribution in [1.29, 1.82) is 0 Å². The second-order valence-corrected chi connectivity index (χ2v) is 4.06. The Hall–Kier alpha value is -0.870. The first kappa shape index (κ1) is 13.2. The molecule has 90 valence electrons. The van der Waals surface area contributed by atoms with Crippen molar-refractivity contribution < 1.29 is 4.74 Å². The first-order valence-electron chi connectivity index (χ1n) is 5.48. The van der Waals surface area contributed by atoms with Crippen molar-refractivity contribution in [2.75, 3.05) is 25.1 Å². The standard InChI is InChI=1S/C11H18ClN3O/c1-4-16-6-5-13-11-9(8(2)3)10(12)14-7-15-11/h7-8H,4-6H2,1-3H3,(H,13,14,15). The Labute approximate surface area is 101 Å². The highest BCUT2D eigenvalue weighted by Crippen LogP contribution is 2.27. The Morgan fingerprint density at radius 3 is 2.81 bits per heavy atom. The fourth-order valence-corrected chi connectivity index (χ4v) is 1.76. The monoisotopic (exact) mass is 243 g/mol. The lowest BCUT2D eigenvalue weighted by Crippen LogP contribution is -2.13. The summed E-state index contributed by atoms with van der Waals surface area (Å²) >= 11 is 6.04. The third kappa shape index (κ3) is 3.61. The number of nitrogens with one attached hydrogen (secondary N) is 1. The number of halogens is 1. The average Bonchev–Trinajstić information content (AvgIpc) is 2.24. The second-order valence-electron chi connectivity index (χ2n) is 3.71. The molecule has 1 aromatic rings. The van der Waals surface area contributed by atoms with Crippen LogP contribution >= 0.6 is 11.6 Å².